The van der Waals surface area contributed by atoms with E-state index in [-0.39, 0.29) is 17.1 Å². The van der Waals surface area contributed by atoms with Crippen LogP contribution in [0.1, 0.15) is 44.8 Å². The minimum Gasteiger partial charge on any atom is -0.402 e. The summed E-state index contributed by atoms with van der Waals surface area (Å²) in [5, 5.41) is 0. The summed E-state index contributed by atoms with van der Waals surface area (Å²) in [6.07, 6.45) is 0. The maximum atomic E-state index is 6.29. The summed E-state index contributed by atoms with van der Waals surface area (Å²) < 4.78 is 12.0. The molecule has 1 aromatic rings. The van der Waals surface area contributed by atoms with Gasteiger partial charge in [-0.3, -0.25) is 0 Å². The molecule has 0 aromatic heterocycles. The first-order valence-electron chi connectivity index (χ1n) is 6.41. The van der Waals surface area contributed by atoms with Crippen molar-refractivity contribution in [1.29, 1.82) is 0 Å². The van der Waals surface area contributed by atoms with Crippen molar-refractivity contribution in [3.05, 3.63) is 35.4 Å². The third kappa shape index (κ3) is 2.20. The standard InChI is InChI=1S/C14H22BNO2/c1-10-8-6-7-9-11(10)12(16)15-17-13(2,3)14(4,5)18-15/h6-9,12H,16H2,1-5H3/t12-/m1/s1. The topological polar surface area (TPSA) is 44.5 Å². The van der Waals surface area contributed by atoms with E-state index in [2.05, 4.69) is 13.0 Å². The molecular weight excluding hydrogens is 225 g/mol. The molecule has 0 bridgehead atoms. The van der Waals surface area contributed by atoms with Crippen molar-refractivity contribution in [2.24, 2.45) is 5.73 Å². The van der Waals surface area contributed by atoms with Crippen LogP contribution in [-0.2, 0) is 9.31 Å². The van der Waals surface area contributed by atoms with E-state index in [1.165, 1.54) is 5.56 Å². The summed E-state index contributed by atoms with van der Waals surface area (Å²) in [6.45, 7) is 10.2. The van der Waals surface area contributed by atoms with Gasteiger partial charge in [-0.2, -0.15) is 0 Å². The molecule has 18 heavy (non-hydrogen) atoms. The molecule has 0 unspecified atom stereocenters. The number of rotatable bonds is 2. The fraction of sp³-hybridized carbons (Fsp3) is 0.571. The maximum absolute atomic E-state index is 6.29. The molecule has 1 fully saturated rings. The largest absolute Gasteiger partial charge is 0.480 e. The third-order valence-corrected chi connectivity index (χ3v) is 4.11. The molecule has 0 aliphatic carbocycles. The highest BCUT2D eigenvalue weighted by Crippen LogP contribution is 2.39. The molecule has 4 heteroatoms. The van der Waals surface area contributed by atoms with Gasteiger partial charge in [-0.25, -0.2) is 0 Å². The second-order valence-electron chi connectivity index (χ2n) is 6.01. The average Bonchev–Trinajstić information content (AvgIpc) is 2.48. The Labute approximate surface area is 110 Å². The van der Waals surface area contributed by atoms with E-state index in [0.717, 1.165) is 5.56 Å². The summed E-state index contributed by atoms with van der Waals surface area (Å²) in [5.41, 5.74) is 7.87. The van der Waals surface area contributed by atoms with Gasteiger partial charge in [0.15, 0.2) is 0 Å². The zero-order valence-electron chi connectivity index (χ0n) is 11.9. The average molecular weight is 247 g/mol. The molecule has 2 rings (SSSR count). The normalized spacial score (nSPS) is 23.1. The summed E-state index contributed by atoms with van der Waals surface area (Å²) in [5.74, 6) is -0.257. The molecule has 1 aromatic carbocycles. The van der Waals surface area contributed by atoms with E-state index in [9.17, 15) is 0 Å². The molecule has 0 spiro atoms. The molecule has 0 saturated carbocycles. The van der Waals surface area contributed by atoms with E-state index in [1.54, 1.807) is 0 Å². The van der Waals surface area contributed by atoms with E-state index in [4.69, 9.17) is 15.0 Å². The fourth-order valence-corrected chi connectivity index (χ4v) is 2.14. The van der Waals surface area contributed by atoms with Crippen LogP contribution >= 0.6 is 0 Å². The quantitative estimate of drug-likeness (QED) is 0.817. The minimum absolute atomic E-state index is 0.257. The highest BCUT2D eigenvalue weighted by molar-refractivity contribution is 6.47. The molecule has 0 radical (unpaired) electrons. The Hall–Kier alpha value is -0.835. The van der Waals surface area contributed by atoms with Crippen LogP contribution in [0, 0.1) is 6.92 Å². The fourth-order valence-electron chi connectivity index (χ4n) is 2.14. The molecule has 3 nitrogen and oxygen atoms in total. The first kappa shape index (κ1) is 13.6. The second-order valence-corrected chi connectivity index (χ2v) is 6.01. The van der Waals surface area contributed by atoms with Crippen molar-refractivity contribution < 1.29 is 9.31 Å². The predicted molar refractivity (Wildman–Crippen MR) is 74.2 cm³/mol. The van der Waals surface area contributed by atoms with Crippen molar-refractivity contribution in [3.8, 4) is 0 Å². The van der Waals surface area contributed by atoms with Crippen LogP contribution in [0.3, 0.4) is 0 Å². The second kappa shape index (κ2) is 4.37. The smallest absolute Gasteiger partial charge is 0.402 e. The van der Waals surface area contributed by atoms with Crippen LogP contribution in [-0.4, -0.2) is 18.3 Å². The van der Waals surface area contributed by atoms with Crippen LogP contribution in [0.2, 0.25) is 0 Å². The van der Waals surface area contributed by atoms with Crippen molar-refractivity contribution in [1.82, 2.24) is 0 Å². The lowest BCUT2D eigenvalue weighted by atomic mass is 9.74. The summed E-state index contributed by atoms with van der Waals surface area (Å²) in [7, 11) is -0.393. The predicted octanol–water partition coefficient (Wildman–Crippen LogP) is 2.63. The Morgan fingerprint density at radius 1 is 1.06 bits per heavy atom. The molecule has 1 aliphatic heterocycles. The van der Waals surface area contributed by atoms with Gasteiger partial charge in [-0.15, -0.1) is 0 Å². The highest BCUT2D eigenvalue weighted by atomic mass is 16.7. The van der Waals surface area contributed by atoms with Crippen molar-refractivity contribution in [2.75, 3.05) is 0 Å². The number of benzene rings is 1. The van der Waals surface area contributed by atoms with Crippen molar-refractivity contribution in [2.45, 2.75) is 51.8 Å². The number of aryl methyl sites for hydroxylation is 1. The first-order valence-corrected chi connectivity index (χ1v) is 6.41. The Kier molecular flexibility index (Phi) is 3.30. The van der Waals surface area contributed by atoms with Gasteiger partial charge >= 0.3 is 7.12 Å². The Balaban J connectivity index is 2.23. The van der Waals surface area contributed by atoms with Gasteiger partial charge in [-0.05, 0) is 45.7 Å². The highest BCUT2D eigenvalue weighted by Gasteiger charge is 2.53. The molecule has 1 heterocycles. The lowest BCUT2D eigenvalue weighted by molar-refractivity contribution is 0.00578. The molecule has 0 amide bonds. The van der Waals surface area contributed by atoms with E-state index in [0.29, 0.717) is 0 Å². The van der Waals surface area contributed by atoms with Crippen molar-refractivity contribution in [3.63, 3.8) is 0 Å². The van der Waals surface area contributed by atoms with Crippen molar-refractivity contribution >= 4 is 7.12 Å². The van der Waals surface area contributed by atoms with Gasteiger partial charge in [0.05, 0.1) is 17.1 Å². The van der Waals surface area contributed by atoms with E-state index < -0.39 is 7.12 Å². The zero-order valence-corrected chi connectivity index (χ0v) is 11.9. The monoisotopic (exact) mass is 247 g/mol. The van der Waals surface area contributed by atoms with Gasteiger partial charge in [-0.1, -0.05) is 24.3 Å². The van der Waals surface area contributed by atoms with Crippen LogP contribution < -0.4 is 5.73 Å². The van der Waals surface area contributed by atoms with Gasteiger partial charge in [0.25, 0.3) is 0 Å². The van der Waals surface area contributed by atoms with E-state index >= 15 is 0 Å². The summed E-state index contributed by atoms with van der Waals surface area (Å²) in [4.78, 5) is 0. The van der Waals surface area contributed by atoms with Crippen LogP contribution in [0.5, 0.6) is 0 Å². The van der Waals surface area contributed by atoms with Gasteiger partial charge < -0.3 is 15.0 Å². The minimum atomic E-state index is -0.393. The van der Waals surface area contributed by atoms with Crippen LogP contribution in [0.15, 0.2) is 24.3 Å². The van der Waals surface area contributed by atoms with Gasteiger partial charge in [0.2, 0.25) is 0 Å². The zero-order chi connectivity index (χ0) is 13.6. The van der Waals surface area contributed by atoms with E-state index in [1.807, 2.05) is 45.9 Å². The van der Waals surface area contributed by atoms with Gasteiger partial charge in [0, 0.05) is 0 Å². The molecule has 1 saturated heterocycles. The van der Waals surface area contributed by atoms with Crippen LogP contribution in [0.4, 0.5) is 0 Å². The first-order chi connectivity index (χ1) is 8.24. The maximum Gasteiger partial charge on any atom is 0.480 e. The lowest BCUT2D eigenvalue weighted by Crippen LogP contribution is -2.41. The number of hydrogen-bond acceptors (Lipinski definition) is 3. The molecule has 98 valence electrons. The molecule has 2 N–H and O–H groups in total. The summed E-state index contributed by atoms with van der Waals surface area (Å²) >= 11 is 0. The Bertz CT molecular complexity index is 429. The lowest BCUT2D eigenvalue weighted by Gasteiger charge is -2.32. The third-order valence-electron chi connectivity index (χ3n) is 4.11. The summed E-state index contributed by atoms with van der Waals surface area (Å²) in [6, 6.07) is 8.09. The van der Waals surface area contributed by atoms with Crippen LogP contribution in [0.25, 0.3) is 0 Å². The molecule has 1 aliphatic rings. The Morgan fingerprint density at radius 2 is 1.56 bits per heavy atom. The Morgan fingerprint density at radius 3 is 2.06 bits per heavy atom. The molecular formula is C14H22BNO2. The van der Waals surface area contributed by atoms with Gasteiger partial charge in [0.1, 0.15) is 0 Å². The SMILES string of the molecule is Cc1ccccc1[C@@H](N)B1OC(C)(C)C(C)(C)O1. The molecule has 1 atom stereocenters. The number of nitrogens with two attached hydrogens (primary N) is 1. The number of hydrogen-bond donors (Lipinski definition) is 1.